The van der Waals surface area contributed by atoms with Crippen molar-refractivity contribution >= 4 is 17.7 Å². The third kappa shape index (κ3) is 5.79. The van der Waals surface area contributed by atoms with Crippen molar-refractivity contribution in [1.29, 1.82) is 0 Å². The number of hydrogen-bond donors (Lipinski definition) is 3. The molecule has 2 atom stereocenters. The molecule has 10 heteroatoms. The molecule has 1 saturated heterocycles. The van der Waals surface area contributed by atoms with E-state index in [9.17, 15) is 9.90 Å². The Bertz CT molecular complexity index is 1120. The summed E-state index contributed by atoms with van der Waals surface area (Å²) in [5.41, 5.74) is 0.458. The lowest BCUT2D eigenvalue weighted by Gasteiger charge is -2.44. The molecule has 2 aromatic rings. The number of aliphatic imine (C=N–C) groups is 1. The van der Waals surface area contributed by atoms with Gasteiger partial charge in [0, 0.05) is 37.8 Å². The van der Waals surface area contributed by atoms with Gasteiger partial charge < -0.3 is 25.0 Å². The lowest BCUT2D eigenvalue weighted by atomic mass is 9.92. The molecule has 0 bridgehead atoms. The normalized spacial score (nSPS) is 22.7. The van der Waals surface area contributed by atoms with Crippen molar-refractivity contribution in [2.24, 2.45) is 4.99 Å². The van der Waals surface area contributed by atoms with Crippen LogP contribution in [0, 0.1) is 0 Å². The van der Waals surface area contributed by atoms with Crippen LogP contribution in [0.1, 0.15) is 42.4 Å². The van der Waals surface area contributed by atoms with Crippen LogP contribution in [-0.4, -0.2) is 88.4 Å². The van der Waals surface area contributed by atoms with E-state index in [1.54, 1.807) is 44.5 Å². The highest BCUT2D eigenvalue weighted by molar-refractivity contribution is 5.97. The maximum Gasteiger partial charge on any atom is 0.271 e. The second kappa shape index (κ2) is 10.8. The first-order valence-electron chi connectivity index (χ1n) is 12.0. The Balaban J connectivity index is 1.68. The summed E-state index contributed by atoms with van der Waals surface area (Å²) in [5, 5.41) is 22.5. The Morgan fingerprint density at radius 2 is 2.06 bits per heavy atom. The van der Waals surface area contributed by atoms with E-state index < -0.39 is 11.3 Å². The number of aliphatic hydroxyl groups excluding tert-OH is 1. The van der Waals surface area contributed by atoms with Crippen molar-refractivity contribution in [2.45, 2.75) is 38.1 Å². The van der Waals surface area contributed by atoms with Crippen molar-refractivity contribution < 1.29 is 24.5 Å². The van der Waals surface area contributed by atoms with Crippen LogP contribution < -0.4 is 10.1 Å². The van der Waals surface area contributed by atoms with Gasteiger partial charge in [-0.1, -0.05) is 0 Å². The van der Waals surface area contributed by atoms with Gasteiger partial charge in [-0.25, -0.2) is 4.98 Å². The van der Waals surface area contributed by atoms with Crippen molar-refractivity contribution in [2.75, 3.05) is 39.5 Å². The molecule has 1 fully saturated rings. The number of rotatable bonds is 8. The van der Waals surface area contributed by atoms with Gasteiger partial charge in [-0.05, 0) is 61.7 Å². The third-order valence-electron chi connectivity index (χ3n) is 6.28. The fourth-order valence-electron chi connectivity index (χ4n) is 4.25. The van der Waals surface area contributed by atoms with Gasteiger partial charge in [-0.15, -0.1) is 0 Å². The van der Waals surface area contributed by atoms with E-state index in [0.29, 0.717) is 37.7 Å². The van der Waals surface area contributed by atoms with Gasteiger partial charge >= 0.3 is 0 Å². The zero-order valence-electron chi connectivity index (χ0n) is 20.8. The number of carbonyl (C=O) groups is 1. The fraction of sp³-hybridized carbons (Fsp3) is 0.462. The number of nitrogens with zero attached hydrogens (tertiary/aromatic N) is 4. The van der Waals surface area contributed by atoms with Crippen molar-refractivity contribution in [1.82, 2.24) is 20.2 Å². The van der Waals surface area contributed by atoms with E-state index in [1.165, 1.54) is 6.20 Å². The molecular formula is C26H33N5O5. The molecule has 0 spiro atoms. The van der Waals surface area contributed by atoms with Gasteiger partial charge in [0.05, 0.1) is 31.5 Å². The van der Waals surface area contributed by atoms with Crippen LogP contribution in [0.4, 0.5) is 0 Å². The lowest BCUT2D eigenvalue weighted by Crippen LogP contribution is -2.64. The van der Waals surface area contributed by atoms with E-state index in [2.05, 4.69) is 20.2 Å². The molecule has 10 nitrogen and oxygen atoms in total. The number of amides is 1. The van der Waals surface area contributed by atoms with Crippen LogP contribution in [0.15, 0.2) is 47.7 Å². The predicted molar refractivity (Wildman–Crippen MR) is 135 cm³/mol. The molecule has 2 aliphatic heterocycles. The summed E-state index contributed by atoms with van der Waals surface area (Å²) in [7, 11) is 0. The summed E-state index contributed by atoms with van der Waals surface area (Å²) >= 11 is 0. The summed E-state index contributed by atoms with van der Waals surface area (Å²) < 4.78 is 10.9. The molecule has 36 heavy (non-hydrogen) atoms. The number of aliphatic hydroxyl groups is 2. The van der Waals surface area contributed by atoms with E-state index in [-0.39, 0.29) is 30.9 Å². The minimum Gasteiger partial charge on any atom is -0.475 e. The average molecular weight is 496 g/mol. The van der Waals surface area contributed by atoms with Gasteiger partial charge in [-0.3, -0.25) is 19.7 Å². The summed E-state index contributed by atoms with van der Waals surface area (Å²) in [4.78, 5) is 28.9. The summed E-state index contributed by atoms with van der Waals surface area (Å²) in [6.07, 6.45) is 7.01. The van der Waals surface area contributed by atoms with E-state index in [4.69, 9.17) is 19.6 Å². The highest BCUT2D eigenvalue weighted by Crippen LogP contribution is 2.30. The van der Waals surface area contributed by atoms with Crippen LogP contribution >= 0.6 is 0 Å². The molecule has 192 valence electrons. The molecule has 0 aliphatic carbocycles. The monoisotopic (exact) mass is 495 g/mol. The first-order valence-corrected chi connectivity index (χ1v) is 12.0. The number of hydrogen-bond acceptors (Lipinski definition) is 9. The molecule has 1 amide bonds. The van der Waals surface area contributed by atoms with Gasteiger partial charge in [0.15, 0.2) is 0 Å². The Morgan fingerprint density at radius 1 is 1.28 bits per heavy atom. The molecule has 0 radical (unpaired) electrons. The Hall–Kier alpha value is -3.18. The number of morpholine rings is 1. The number of nitrogens with one attached hydrogen (secondary N) is 1. The van der Waals surface area contributed by atoms with E-state index >= 15 is 0 Å². The number of ether oxygens (including phenoxy) is 2. The maximum atomic E-state index is 13.5. The molecule has 2 aliphatic rings. The predicted octanol–water partition coefficient (Wildman–Crippen LogP) is 1.39. The fourth-order valence-corrected chi connectivity index (χ4v) is 4.25. The Kier molecular flexibility index (Phi) is 7.79. The van der Waals surface area contributed by atoms with Crippen molar-refractivity contribution in [3.8, 4) is 5.88 Å². The quantitative estimate of drug-likeness (QED) is 0.501. The van der Waals surface area contributed by atoms with Crippen LogP contribution in [0.3, 0.4) is 0 Å². The second-order valence-corrected chi connectivity index (χ2v) is 9.38. The Labute approximate surface area is 210 Å². The lowest BCUT2D eigenvalue weighted by molar-refractivity contribution is 0.00574. The number of carbonyl (C=O) groups excluding carboxylic acids is 1. The molecule has 4 heterocycles. The van der Waals surface area contributed by atoms with Crippen LogP contribution in [-0.2, 0) is 10.3 Å². The topological polar surface area (TPSA) is 129 Å². The first kappa shape index (κ1) is 25.9. The van der Waals surface area contributed by atoms with Gasteiger partial charge in [0.1, 0.15) is 18.0 Å². The summed E-state index contributed by atoms with van der Waals surface area (Å²) in [6.45, 7) is 7.68. The van der Waals surface area contributed by atoms with Crippen LogP contribution in [0.2, 0.25) is 0 Å². The minimum atomic E-state index is -1.10. The largest absolute Gasteiger partial charge is 0.475 e. The first-order chi connectivity index (χ1) is 17.2. The summed E-state index contributed by atoms with van der Waals surface area (Å²) in [6, 6.07) is 6.78. The number of pyridine rings is 2. The highest BCUT2D eigenvalue weighted by Gasteiger charge is 2.40. The molecule has 2 unspecified atom stereocenters. The van der Waals surface area contributed by atoms with Crippen molar-refractivity contribution in [3.05, 3.63) is 59.6 Å². The smallest absolute Gasteiger partial charge is 0.271 e. The molecule has 3 N–H and O–H groups in total. The second-order valence-electron chi connectivity index (χ2n) is 9.38. The van der Waals surface area contributed by atoms with Gasteiger partial charge in [-0.2, -0.15) is 0 Å². The number of dihydropyridines is 1. The minimum absolute atomic E-state index is 0.0876. The zero-order valence-corrected chi connectivity index (χ0v) is 20.8. The molecular weight excluding hydrogens is 462 g/mol. The highest BCUT2D eigenvalue weighted by atomic mass is 16.5. The Morgan fingerprint density at radius 3 is 2.72 bits per heavy atom. The average Bonchev–Trinajstić information content (AvgIpc) is 2.89. The van der Waals surface area contributed by atoms with Crippen LogP contribution in [0.5, 0.6) is 5.88 Å². The molecule has 2 aromatic heterocycles. The molecule has 0 saturated carbocycles. The zero-order chi connectivity index (χ0) is 25.8. The van der Waals surface area contributed by atoms with Gasteiger partial charge in [0.25, 0.3) is 5.91 Å². The summed E-state index contributed by atoms with van der Waals surface area (Å²) in [5.74, 6) is 0.0425. The van der Waals surface area contributed by atoms with E-state index in [1.807, 2.05) is 19.1 Å². The van der Waals surface area contributed by atoms with E-state index in [0.717, 1.165) is 11.1 Å². The van der Waals surface area contributed by atoms with Crippen LogP contribution in [0.25, 0.3) is 5.57 Å². The SMILES string of the molecule is CC1N=CC(NC(=O)c2cc(C(C)(C)O)ccn2)(N2CCOCC2)C=C1c1ccc(OCCO)nc1. The van der Waals surface area contributed by atoms with Gasteiger partial charge in [0.2, 0.25) is 5.88 Å². The number of aromatic nitrogens is 2. The van der Waals surface area contributed by atoms with Crippen molar-refractivity contribution in [3.63, 3.8) is 0 Å². The maximum absolute atomic E-state index is 13.5. The third-order valence-corrected chi connectivity index (χ3v) is 6.28. The molecule has 4 rings (SSSR count). The standard InChI is InChI=1S/C26H33N5O5/c1-18-21(19-4-5-23(28-16-19)36-13-10-32)15-26(17-29-18,31-8-11-35-12-9-31)30-24(33)22-14-20(6-7-27-22)25(2,3)34/h4-7,14-18,32,34H,8-13H2,1-3H3,(H,30,33). The molecule has 0 aromatic carbocycles.